The van der Waals surface area contributed by atoms with Crippen molar-refractivity contribution < 1.29 is 4.79 Å². The van der Waals surface area contributed by atoms with E-state index in [1.54, 1.807) is 5.51 Å². The summed E-state index contributed by atoms with van der Waals surface area (Å²) in [5.74, 6) is 0.262. The molecule has 0 aliphatic rings. The Balaban J connectivity index is 0. The number of nitrogens with one attached hydrogen (secondary N) is 1. The SMILES string of the molecule is Cc1ncsc1C(=O)NCC(C)CN.Cl.Cl. The maximum atomic E-state index is 11.6. The van der Waals surface area contributed by atoms with Crippen molar-refractivity contribution in [1.82, 2.24) is 10.3 Å². The Morgan fingerprint density at radius 2 is 2.25 bits per heavy atom. The smallest absolute Gasteiger partial charge is 0.263 e. The molecule has 0 fully saturated rings. The van der Waals surface area contributed by atoms with E-state index in [1.807, 2.05) is 13.8 Å². The molecular formula is C9H17Cl2N3OS. The molecule has 0 aliphatic heterocycles. The molecule has 1 rings (SSSR count). The molecule has 0 aromatic carbocycles. The van der Waals surface area contributed by atoms with E-state index in [2.05, 4.69) is 10.3 Å². The molecule has 7 heteroatoms. The van der Waals surface area contributed by atoms with E-state index in [0.29, 0.717) is 23.9 Å². The predicted molar refractivity (Wildman–Crippen MR) is 71.9 cm³/mol. The number of aryl methyl sites for hydroxylation is 1. The van der Waals surface area contributed by atoms with Crippen LogP contribution in [0.3, 0.4) is 0 Å². The first kappa shape index (κ1) is 18.0. The van der Waals surface area contributed by atoms with Crippen LogP contribution in [0.4, 0.5) is 0 Å². The Bertz CT molecular complexity index is 319. The van der Waals surface area contributed by atoms with Gasteiger partial charge < -0.3 is 11.1 Å². The maximum absolute atomic E-state index is 11.6. The van der Waals surface area contributed by atoms with Gasteiger partial charge in [0, 0.05) is 6.54 Å². The highest BCUT2D eigenvalue weighted by molar-refractivity contribution is 7.11. The van der Waals surface area contributed by atoms with Crippen molar-refractivity contribution >= 4 is 42.1 Å². The monoisotopic (exact) mass is 285 g/mol. The van der Waals surface area contributed by atoms with Gasteiger partial charge in [0.1, 0.15) is 4.88 Å². The van der Waals surface area contributed by atoms with Crippen molar-refractivity contribution in [2.45, 2.75) is 13.8 Å². The zero-order valence-corrected chi connectivity index (χ0v) is 11.7. The maximum Gasteiger partial charge on any atom is 0.263 e. The molecule has 0 radical (unpaired) electrons. The van der Waals surface area contributed by atoms with Crippen molar-refractivity contribution in [2.75, 3.05) is 13.1 Å². The third kappa shape index (κ3) is 5.12. The number of carbonyl (C=O) groups excluding carboxylic acids is 1. The van der Waals surface area contributed by atoms with Crippen molar-refractivity contribution in [1.29, 1.82) is 0 Å². The van der Waals surface area contributed by atoms with Gasteiger partial charge in [-0.05, 0) is 19.4 Å². The first-order valence-corrected chi connectivity index (χ1v) is 5.41. The van der Waals surface area contributed by atoms with Gasteiger partial charge in [-0.1, -0.05) is 6.92 Å². The van der Waals surface area contributed by atoms with Crippen LogP contribution in [0.1, 0.15) is 22.3 Å². The minimum absolute atomic E-state index is 0. The molecule has 0 bridgehead atoms. The lowest BCUT2D eigenvalue weighted by Gasteiger charge is -2.09. The van der Waals surface area contributed by atoms with Crippen molar-refractivity contribution in [2.24, 2.45) is 11.7 Å². The number of hydrogen-bond acceptors (Lipinski definition) is 4. The summed E-state index contributed by atoms with van der Waals surface area (Å²) < 4.78 is 0. The topological polar surface area (TPSA) is 68.0 Å². The highest BCUT2D eigenvalue weighted by atomic mass is 35.5. The lowest BCUT2D eigenvalue weighted by atomic mass is 10.2. The fourth-order valence-electron chi connectivity index (χ4n) is 0.950. The molecule has 1 heterocycles. The van der Waals surface area contributed by atoms with Gasteiger partial charge in [0.15, 0.2) is 0 Å². The first-order chi connectivity index (χ1) is 6.65. The van der Waals surface area contributed by atoms with Crippen molar-refractivity contribution in [3.05, 3.63) is 16.1 Å². The quantitative estimate of drug-likeness (QED) is 0.883. The molecule has 0 saturated carbocycles. The van der Waals surface area contributed by atoms with E-state index in [1.165, 1.54) is 11.3 Å². The molecule has 4 nitrogen and oxygen atoms in total. The van der Waals surface area contributed by atoms with Crippen LogP contribution >= 0.6 is 36.2 Å². The summed E-state index contributed by atoms with van der Waals surface area (Å²) in [6.45, 7) is 5.03. The number of hydrogen-bond donors (Lipinski definition) is 2. The van der Waals surface area contributed by atoms with Crippen LogP contribution in [0.2, 0.25) is 0 Å². The minimum atomic E-state index is -0.0506. The van der Waals surface area contributed by atoms with Crippen LogP contribution in [0.15, 0.2) is 5.51 Å². The van der Waals surface area contributed by atoms with Gasteiger partial charge in [-0.25, -0.2) is 4.98 Å². The van der Waals surface area contributed by atoms with Crippen LogP contribution < -0.4 is 11.1 Å². The molecule has 1 unspecified atom stereocenters. The summed E-state index contributed by atoms with van der Waals surface area (Å²) in [6, 6.07) is 0. The molecule has 0 aliphatic carbocycles. The van der Waals surface area contributed by atoms with Gasteiger partial charge in [-0.3, -0.25) is 4.79 Å². The van der Waals surface area contributed by atoms with Crippen LogP contribution in [0, 0.1) is 12.8 Å². The van der Waals surface area contributed by atoms with Crippen LogP contribution in [-0.2, 0) is 0 Å². The summed E-state index contributed by atoms with van der Waals surface area (Å²) in [4.78, 5) is 16.3. The number of carbonyl (C=O) groups is 1. The van der Waals surface area contributed by atoms with Gasteiger partial charge in [0.25, 0.3) is 5.91 Å². The lowest BCUT2D eigenvalue weighted by Crippen LogP contribution is -2.31. The van der Waals surface area contributed by atoms with E-state index in [0.717, 1.165) is 5.69 Å². The lowest BCUT2D eigenvalue weighted by molar-refractivity contribution is 0.0952. The van der Waals surface area contributed by atoms with E-state index >= 15 is 0 Å². The second-order valence-electron chi connectivity index (χ2n) is 3.32. The number of aromatic nitrogens is 1. The molecule has 1 aromatic heterocycles. The van der Waals surface area contributed by atoms with Gasteiger partial charge in [-0.15, -0.1) is 36.2 Å². The summed E-state index contributed by atoms with van der Waals surface area (Å²) in [6.07, 6.45) is 0. The van der Waals surface area contributed by atoms with E-state index in [-0.39, 0.29) is 30.7 Å². The summed E-state index contributed by atoms with van der Waals surface area (Å²) in [7, 11) is 0. The van der Waals surface area contributed by atoms with Gasteiger partial charge in [0.2, 0.25) is 0 Å². The third-order valence-electron chi connectivity index (χ3n) is 1.97. The molecule has 3 N–H and O–H groups in total. The second kappa shape index (κ2) is 8.75. The first-order valence-electron chi connectivity index (χ1n) is 4.53. The number of halogens is 2. The number of nitrogens with zero attached hydrogens (tertiary/aromatic N) is 1. The highest BCUT2D eigenvalue weighted by Crippen LogP contribution is 2.11. The molecular weight excluding hydrogens is 269 g/mol. The largest absolute Gasteiger partial charge is 0.351 e. The Labute approximate surface area is 112 Å². The van der Waals surface area contributed by atoms with Gasteiger partial charge in [0.05, 0.1) is 11.2 Å². The Kier molecular flexibility index (Phi) is 9.86. The molecule has 0 saturated heterocycles. The van der Waals surface area contributed by atoms with Gasteiger partial charge >= 0.3 is 0 Å². The molecule has 16 heavy (non-hydrogen) atoms. The molecule has 1 atom stereocenters. The Morgan fingerprint density at radius 1 is 1.62 bits per heavy atom. The number of nitrogens with two attached hydrogens (primary N) is 1. The normalized spacial score (nSPS) is 10.9. The molecule has 1 aromatic rings. The Morgan fingerprint density at radius 3 is 2.69 bits per heavy atom. The van der Waals surface area contributed by atoms with Gasteiger partial charge in [-0.2, -0.15) is 0 Å². The highest BCUT2D eigenvalue weighted by Gasteiger charge is 2.11. The zero-order valence-electron chi connectivity index (χ0n) is 9.23. The summed E-state index contributed by atoms with van der Waals surface area (Å²) in [5, 5.41) is 2.83. The van der Waals surface area contributed by atoms with Crippen LogP contribution in [0.25, 0.3) is 0 Å². The zero-order chi connectivity index (χ0) is 10.6. The average molecular weight is 286 g/mol. The van der Waals surface area contributed by atoms with Crippen LogP contribution in [-0.4, -0.2) is 24.0 Å². The van der Waals surface area contributed by atoms with E-state index in [4.69, 9.17) is 5.73 Å². The Hall–Kier alpha value is -0.360. The second-order valence-corrected chi connectivity index (χ2v) is 4.17. The van der Waals surface area contributed by atoms with Crippen LogP contribution in [0.5, 0.6) is 0 Å². The predicted octanol–water partition coefficient (Wildman–Crippen LogP) is 1.62. The number of rotatable bonds is 4. The van der Waals surface area contributed by atoms with E-state index in [9.17, 15) is 4.79 Å². The third-order valence-corrected chi connectivity index (χ3v) is 2.89. The minimum Gasteiger partial charge on any atom is -0.351 e. The summed E-state index contributed by atoms with van der Waals surface area (Å²) >= 11 is 1.36. The molecule has 94 valence electrons. The summed E-state index contributed by atoms with van der Waals surface area (Å²) in [5.41, 5.74) is 7.91. The number of amides is 1. The molecule has 0 spiro atoms. The average Bonchev–Trinajstić information content (AvgIpc) is 2.60. The molecule has 1 amide bonds. The standard InChI is InChI=1S/C9H15N3OS.2ClH/c1-6(3-10)4-11-9(13)8-7(2)12-5-14-8;;/h5-6H,3-4,10H2,1-2H3,(H,11,13);2*1H. The van der Waals surface area contributed by atoms with E-state index < -0.39 is 0 Å². The fraction of sp³-hybridized carbons (Fsp3) is 0.556. The van der Waals surface area contributed by atoms with Crippen molar-refractivity contribution in [3.8, 4) is 0 Å². The van der Waals surface area contributed by atoms with Crippen molar-refractivity contribution in [3.63, 3.8) is 0 Å². The number of thiazole rings is 1. The fourth-order valence-corrected chi connectivity index (χ4v) is 1.67.